The Kier molecular flexibility index (Phi) is 3.42. The van der Waals surface area contributed by atoms with Gasteiger partial charge in [0.1, 0.15) is 5.01 Å². The predicted molar refractivity (Wildman–Crippen MR) is 80.8 cm³/mol. The maximum Gasteiger partial charge on any atom is 0.168 e. The number of nitrogen functional groups attached to an aromatic ring is 1. The van der Waals surface area contributed by atoms with Gasteiger partial charge in [-0.05, 0) is 13.0 Å². The topological polar surface area (TPSA) is 69.6 Å². The Labute approximate surface area is 125 Å². The molecule has 0 bridgehead atoms. The number of anilines is 1. The normalized spacial score (nSPS) is 10.9. The summed E-state index contributed by atoms with van der Waals surface area (Å²) >= 11 is 7.74. The first kappa shape index (κ1) is 13.1. The number of hydrogen-bond acceptors (Lipinski definition) is 5. The maximum atomic E-state index is 6.18. The van der Waals surface area contributed by atoms with Crippen molar-refractivity contribution in [3.8, 4) is 10.6 Å². The van der Waals surface area contributed by atoms with Crippen LogP contribution in [0.3, 0.4) is 0 Å². The minimum Gasteiger partial charge on any atom is -0.381 e. The van der Waals surface area contributed by atoms with Crippen molar-refractivity contribution in [2.45, 2.75) is 13.5 Å². The van der Waals surface area contributed by atoms with Crippen LogP contribution in [0.1, 0.15) is 11.4 Å². The molecule has 0 aliphatic carbocycles. The smallest absolute Gasteiger partial charge is 0.168 e. The molecular formula is C13H12ClN5S. The van der Waals surface area contributed by atoms with Crippen LogP contribution in [0.4, 0.5) is 5.82 Å². The predicted octanol–water partition coefficient (Wildman–Crippen LogP) is 2.99. The van der Waals surface area contributed by atoms with Crippen molar-refractivity contribution in [1.82, 2.24) is 20.0 Å². The average Bonchev–Trinajstić information content (AvgIpc) is 3.02. The van der Waals surface area contributed by atoms with E-state index in [4.69, 9.17) is 17.3 Å². The lowest BCUT2D eigenvalue weighted by atomic mass is 10.2. The van der Waals surface area contributed by atoms with Crippen molar-refractivity contribution >= 4 is 28.8 Å². The van der Waals surface area contributed by atoms with Gasteiger partial charge in [0.25, 0.3) is 0 Å². The van der Waals surface area contributed by atoms with Crippen LogP contribution in [0.25, 0.3) is 10.6 Å². The Morgan fingerprint density at radius 3 is 2.85 bits per heavy atom. The monoisotopic (exact) mass is 305 g/mol. The summed E-state index contributed by atoms with van der Waals surface area (Å²) in [6, 6.07) is 7.68. The molecule has 102 valence electrons. The summed E-state index contributed by atoms with van der Waals surface area (Å²) in [5.41, 5.74) is 8.38. The van der Waals surface area contributed by atoms with E-state index in [1.165, 1.54) is 0 Å². The minimum atomic E-state index is 0.451. The Morgan fingerprint density at radius 2 is 2.15 bits per heavy atom. The Hall–Kier alpha value is -1.92. The van der Waals surface area contributed by atoms with E-state index < -0.39 is 0 Å². The highest BCUT2D eigenvalue weighted by Gasteiger charge is 2.10. The number of rotatable bonds is 3. The third kappa shape index (κ3) is 2.39. The van der Waals surface area contributed by atoms with Crippen LogP contribution < -0.4 is 5.73 Å². The van der Waals surface area contributed by atoms with Gasteiger partial charge in [-0.15, -0.1) is 16.4 Å². The van der Waals surface area contributed by atoms with Crippen LogP contribution in [0, 0.1) is 6.92 Å². The number of aromatic nitrogens is 4. The molecule has 2 N–H and O–H groups in total. The highest BCUT2D eigenvalue weighted by Crippen LogP contribution is 2.30. The Bertz CT molecular complexity index is 749. The van der Waals surface area contributed by atoms with Crippen molar-refractivity contribution in [2.75, 3.05) is 5.73 Å². The molecule has 0 saturated carbocycles. The zero-order chi connectivity index (χ0) is 14.1. The molecule has 0 spiro atoms. The number of hydrogen-bond donors (Lipinski definition) is 1. The fraction of sp³-hybridized carbons (Fsp3) is 0.154. The van der Waals surface area contributed by atoms with Crippen LogP contribution >= 0.6 is 22.9 Å². The van der Waals surface area contributed by atoms with Crippen molar-refractivity contribution < 1.29 is 0 Å². The second-order valence-corrected chi connectivity index (χ2v) is 5.61. The first-order chi connectivity index (χ1) is 9.65. The fourth-order valence-corrected chi connectivity index (χ4v) is 2.95. The molecular weight excluding hydrogens is 294 g/mol. The van der Waals surface area contributed by atoms with E-state index in [-0.39, 0.29) is 0 Å². The van der Waals surface area contributed by atoms with Gasteiger partial charge < -0.3 is 5.73 Å². The van der Waals surface area contributed by atoms with Gasteiger partial charge in [-0.1, -0.05) is 35.0 Å². The molecule has 3 aromatic rings. The summed E-state index contributed by atoms with van der Waals surface area (Å²) in [4.78, 5) is 4.59. The SMILES string of the molecule is Cc1c(N)nnn1Cc1csc(-c2ccccc2Cl)n1. The second kappa shape index (κ2) is 5.22. The Morgan fingerprint density at radius 1 is 1.35 bits per heavy atom. The first-order valence-corrected chi connectivity index (χ1v) is 7.26. The average molecular weight is 306 g/mol. The highest BCUT2D eigenvalue weighted by atomic mass is 35.5. The van der Waals surface area contributed by atoms with E-state index in [1.54, 1.807) is 16.0 Å². The van der Waals surface area contributed by atoms with Crippen LogP contribution in [-0.4, -0.2) is 20.0 Å². The van der Waals surface area contributed by atoms with E-state index in [2.05, 4.69) is 15.3 Å². The lowest BCUT2D eigenvalue weighted by Crippen LogP contribution is -2.04. The number of benzene rings is 1. The van der Waals surface area contributed by atoms with Gasteiger partial charge in [0.15, 0.2) is 5.82 Å². The molecule has 0 aliphatic rings. The van der Waals surface area contributed by atoms with E-state index >= 15 is 0 Å². The molecule has 20 heavy (non-hydrogen) atoms. The number of nitrogens with two attached hydrogens (primary N) is 1. The zero-order valence-electron chi connectivity index (χ0n) is 10.7. The van der Waals surface area contributed by atoms with Crippen LogP contribution in [-0.2, 0) is 6.54 Å². The van der Waals surface area contributed by atoms with Gasteiger partial charge in [-0.2, -0.15) is 0 Å². The number of halogens is 1. The standard InChI is InChI=1S/C13H12ClN5S/c1-8-12(15)17-18-19(8)6-9-7-20-13(16-9)10-4-2-3-5-11(10)14/h2-5,7H,6,15H2,1H3. The minimum absolute atomic E-state index is 0.451. The molecule has 2 aromatic heterocycles. The van der Waals surface area contributed by atoms with Gasteiger partial charge in [-0.25, -0.2) is 9.67 Å². The van der Waals surface area contributed by atoms with Gasteiger partial charge in [0.2, 0.25) is 0 Å². The molecule has 2 heterocycles. The first-order valence-electron chi connectivity index (χ1n) is 6.00. The third-order valence-corrected chi connectivity index (χ3v) is 4.24. The fourth-order valence-electron chi connectivity index (χ4n) is 1.82. The Balaban J connectivity index is 1.88. The summed E-state index contributed by atoms with van der Waals surface area (Å²) in [6.07, 6.45) is 0. The van der Waals surface area contributed by atoms with Gasteiger partial charge >= 0.3 is 0 Å². The summed E-state index contributed by atoms with van der Waals surface area (Å²) in [5, 5.41) is 11.4. The zero-order valence-corrected chi connectivity index (χ0v) is 12.3. The molecule has 0 atom stereocenters. The van der Waals surface area contributed by atoms with E-state index in [1.807, 2.05) is 36.6 Å². The quantitative estimate of drug-likeness (QED) is 0.807. The van der Waals surface area contributed by atoms with Crippen molar-refractivity contribution in [1.29, 1.82) is 0 Å². The van der Waals surface area contributed by atoms with Gasteiger partial charge in [0.05, 0.1) is 23.0 Å². The number of thiazole rings is 1. The van der Waals surface area contributed by atoms with Gasteiger partial charge in [-0.3, -0.25) is 0 Å². The van der Waals surface area contributed by atoms with Crippen LogP contribution in [0.2, 0.25) is 5.02 Å². The lowest BCUT2D eigenvalue weighted by molar-refractivity contribution is 0.625. The molecule has 7 heteroatoms. The summed E-state index contributed by atoms with van der Waals surface area (Å²) in [5.74, 6) is 0.451. The molecule has 0 aliphatic heterocycles. The largest absolute Gasteiger partial charge is 0.381 e. The lowest BCUT2D eigenvalue weighted by Gasteiger charge is -2.00. The van der Waals surface area contributed by atoms with E-state index in [9.17, 15) is 0 Å². The van der Waals surface area contributed by atoms with Gasteiger partial charge in [0, 0.05) is 10.9 Å². The molecule has 5 nitrogen and oxygen atoms in total. The number of nitrogens with zero attached hydrogens (tertiary/aromatic N) is 4. The molecule has 0 radical (unpaired) electrons. The van der Waals surface area contributed by atoms with Crippen LogP contribution in [0.15, 0.2) is 29.6 Å². The molecule has 3 rings (SSSR count). The molecule has 0 saturated heterocycles. The third-order valence-electron chi connectivity index (χ3n) is 2.99. The van der Waals surface area contributed by atoms with Crippen molar-refractivity contribution in [2.24, 2.45) is 0 Å². The van der Waals surface area contributed by atoms with Crippen molar-refractivity contribution in [3.63, 3.8) is 0 Å². The van der Waals surface area contributed by atoms with Crippen molar-refractivity contribution in [3.05, 3.63) is 46.1 Å². The second-order valence-electron chi connectivity index (χ2n) is 4.34. The molecule has 1 aromatic carbocycles. The van der Waals surface area contributed by atoms with E-state index in [0.717, 1.165) is 22.0 Å². The highest BCUT2D eigenvalue weighted by molar-refractivity contribution is 7.13. The summed E-state index contributed by atoms with van der Waals surface area (Å²) in [6.45, 7) is 2.44. The van der Waals surface area contributed by atoms with E-state index in [0.29, 0.717) is 17.4 Å². The van der Waals surface area contributed by atoms with Crippen LogP contribution in [0.5, 0.6) is 0 Å². The summed E-state index contributed by atoms with van der Waals surface area (Å²) in [7, 11) is 0. The molecule has 0 amide bonds. The molecule has 0 fully saturated rings. The molecule has 0 unspecified atom stereocenters. The summed E-state index contributed by atoms with van der Waals surface area (Å²) < 4.78 is 1.74. The maximum absolute atomic E-state index is 6.18.